The third-order valence-corrected chi connectivity index (χ3v) is 6.55. The van der Waals surface area contributed by atoms with Gasteiger partial charge in [-0.1, -0.05) is 29.8 Å². The second kappa shape index (κ2) is 14.0. The summed E-state index contributed by atoms with van der Waals surface area (Å²) >= 11 is 3.13. The van der Waals surface area contributed by atoms with E-state index in [1.807, 2.05) is 0 Å². The van der Waals surface area contributed by atoms with Gasteiger partial charge >= 0.3 is 0 Å². The zero-order chi connectivity index (χ0) is 27.7. The Balaban J connectivity index is 2.11. The molecule has 3 amide bonds. The van der Waals surface area contributed by atoms with E-state index in [2.05, 4.69) is 31.9 Å². The number of nitrogens with one attached hydrogen (secondary N) is 4. The monoisotopic (exact) mass is 586 g/mol. The van der Waals surface area contributed by atoms with Gasteiger partial charge in [0.05, 0.1) is 11.6 Å². The van der Waals surface area contributed by atoms with E-state index in [4.69, 9.17) is 11.1 Å². The van der Waals surface area contributed by atoms with E-state index < -0.39 is 54.1 Å². The lowest BCUT2D eigenvalue weighted by Crippen LogP contribution is -2.56. The molecule has 6 N–H and O–H groups in total. The normalized spacial score (nSPS) is 16.7. The molecule has 2 rings (SSSR count). The van der Waals surface area contributed by atoms with E-state index >= 15 is 0 Å². The molecular weight excluding hydrogens is 554 g/mol. The third-order valence-electron chi connectivity index (χ3n) is 6.06. The van der Waals surface area contributed by atoms with Crippen molar-refractivity contribution < 1.29 is 28.0 Å². The van der Waals surface area contributed by atoms with E-state index in [1.54, 1.807) is 13.8 Å². The first kappa shape index (κ1) is 30.1. The average molecular weight is 587 g/mol. The molecule has 0 radical (unpaired) electrons. The first-order chi connectivity index (χ1) is 17.5. The predicted molar refractivity (Wildman–Crippen MR) is 137 cm³/mol. The summed E-state index contributed by atoms with van der Waals surface area (Å²) in [4.78, 5) is 52.6. The van der Waals surface area contributed by atoms with Gasteiger partial charge in [-0.3, -0.25) is 24.6 Å². The van der Waals surface area contributed by atoms with Crippen LogP contribution in [0, 0.1) is 17.1 Å². The molecule has 0 aliphatic carbocycles. The molecule has 13 heteroatoms. The molecule has 0 spiro atoms. The van der Waals surface area contributed by atoms with Crippen LogP contribution < -0.4 is 21.7 Å². The van der Waals surface area contributed by atoms with Gasteiger partial charge < -0.3 is 26.6 Å². The van der Waals surface area contributed by atoms with Crippen molar-refractivity contribution >= 4 is 45.4 Å². The van der Waals surface area contributed by atoms with Crippen LogP contribution in [0.5, 0.6) is 0 Å². The summed E-state index contributed by atoms with van der Waals surface area (Å²) in [6.45, 7) is 2.71. The van der Waals surface area contributed by atoms with Gasteiger partial charge in [0.2, 0.25) is 11.8 Å². The van der Waals surface area contributed by atoms with E-state index in [1.165, 1.54) is 17.0 Å². The number of Topliss-reactive ketones (excluding diaryl/α,β-unsaturated/α-hetero) is 1. The molecule has 1 aliphatic rings. The van der Waals surface area contributed by atoms with Gasteiger partial charge in [0.15, 0.2) is 11.7 Å². The molecule has 1 saturated heterocycles. The number of hydrogen-bond donors (Lipinski definition) is 5. The van der Waals surface area contributed by atoms with Crippen LogP contribution in [0.4, 0.5) is 8.78 Å². The molecule has 1 fully saturated rings. The number of nitrogens with two attached hydrogens (primary N) is 1. The van der Waals surface area contributed by atoms with Gasteiger partial charge in [-0.2, -0.15) is 0 Å². The van der Waals surface area contributed by atoms with Crippen molar-refractivity contribution in [3.05, 3.63) is 34.1 Å². The lowest BCUT2D eigenvalue weighted by atomic mass is 10.0. The van der Waals surface area contributed by atoms with Gasteiger partial charge in [0, 0.05) is 17.6 Å². The Hall–Kier alpha value is -3.09. The number of hydrogen-bond acceptors (Lipinski definition) is 5. The average Bonchev–Trinajstić information content (AvgIpc) is 3.33. The molecule has 1 heterocycles. The maximum Gasteiger partial charge on any atom is 0.254 e. The maximum atomic E-state index is 14.3. The zero-order valence-corrected chi connectivity index (χ0v) is 22.4. The van der Waals surface area contributed by atoms with E-state index in [-0.39, 0.29) is 37.0 Å². The number of carbonyl (C=O) groups is 4. The molecule has 204 valence electrons. The molecule has 0 unspecified atom stereocenters. The number of benzene rings is 1. The Morgan fingerprint density at radius 1 is 1.24 bits per heavy atom. The first-order valence-corrected chi connectivity index (χ1v) is 12.8. The van der Waals surface area contributed by atoms with Crippen molar-refractivity contribution in [2.24, 2.45) is 11.7 Å². The van der Waals surface area contributed by atoms with Crippen LogP contribution in [0.2, 0.25) is 0 Å². The summed E-state index contributed by atoms with van der Waals surface area (Å²) in [5.74, 6) is -4.01. The number of rotatable bonds is 12. The maximum absolute atomic E-state index is 14.3. The largest absolute Gasteiger partial charge is 0.370 e. The minimum atomic E-state index is -1.26. The number of carbonyl (C=O) groups excluding carboxylic acids is 4. The smallest absolute Gasteiger partial charge is 0.254 e. The molecule has 3 atom stereocenters. The summed E-state index contributed by atoms with van der Waals surface area (Å²) in [5.41, 5.74) is 5.00. The number of likely N-dealkylation sites (tertiary alicyclic amines) is 1. The van der Waals surface area contributed by atoms with Crippen molar-refractivity contribution in [1.82, 2.24) is 20.9 Å². The fourth-order valence-corrected chi connectivity index (χ4v) is 4.42. The molecule has 0 saturated carbocycles. The van der Waals surface area contributed by atoms with Crippen LogP contribution in [0.15, 0.2) is 22.7 Å². The Morgan fingerprint density at radius 3 is 2.54 bits per heavy atom. The lowest BCUT2D eigenvalue weighted by Gasteiger charge is -2.31. The van der Waals surface area contributed by atoms with Crippen LogP contribution in [-0.2, 0) is 14.4 Å². The van der Waals surface area contributed by atoms with E-state index in [0.29, 0.717) is 23.7 Å². The Bertz CT molecular complexity index is 1020. The molecule has 1 aromatic rings. The van der Waals surface area contributed by atoms with Gasteiger partial charge in [-0.05, 0) is 49.8 Å². The van der Waals surface area contributed by atoms with Crippen molar-refractivity contribution in [1.29, 1.82) is 5.41 Å². The molecule has 37 heavy (non-hydrogen) atoms. The molecule has 1 aliphatic heterocycles. The number of amides is 3. The van der Waals surface area contributed by atoms with Crippen LogP contribution in [0.3, 0.4) is 0 Å². The standard InChI is InChI=1S/C24H33BrF2N6O4/c1-13(2)20(32-21(35)15-8-7-14(25)11-16(15)27)23(37)33-10-4-6-18(33)22(36)31-17(19(34)12-26)5-3-9-30-24(28)29/h7-8,11,13,17-18,20H,3-6,9-10,12H2,1-2H3,(H,31,36)(H,32,35)(H4,28,29,30)/t17-,18-,20-/m0/s1. The number of nitrogens with zero attached hydrogens (tertiary/aromatic N) is 1. The lowest BCUT2D eigenvalue weighted by molar-refractivity contribution is -0.141. The van der Waals surface area contributed by atoms with Crippen LogP contribution in [-0.4, -0.2) is 72.3 Å². The SMILES string of the molecule is CC(C)[C@H](NC(=O)c1ccc(Br)cc1F)C(=O)N1CCC[C@H]1C(=O)N[C@@H](CCCNC(=N)N)C(=O)CF. The van der Waals surface area contributed by atoms with Gasteiger partial charge in [0.1, 0.15) is 24.6 Å². The van der Waals surface area contributed by atoms with Crippen molar-refractivity contribution in [2.45, 2.75) is 57.7 Å². The Kier molecular flexibility index (Phi) is 11.4. The summed E-state index contributed by atoms with van der Waals surface area (Å²) in [6, 6.07) is 0.940. The van der Waals surface area contributed by atoms with Crippen molar-refractivity contribution in [3.8, 4) is 0 Å². The summed E-state index contributed by atoms with van der Waals surface area (Å²) in [5, 5.41) is 14.9. The fraction of sp³-hybridized carbons (Fsp3) is 0.542. The molecule has 0 aromatic heterocycles. The van der Waals surface area contributed by atoms with Crippen LogP contribution in [0.1, 0.15) is 49.9 Å². The highest BCUT2D eigenvalue weighted by Crippen LogP contribution is 2.22. The van der Waals surface area contributed by atoms with E-state index in [9.17, 15) is 28.0 Å². The van der Waals surface area contributed by atoms with Crippen LogP contribution in [0.25, 0.3) is 0 Å². The Morgan fingerprint density at radius 2 is 1.95 bits per heavy atom. The van der Waals surface area contributed by atoms with Gasteiger partial charge in [-0.25, -0.2) is 8.78 Å². The number of alkyl halides is 1. The first-order valence-electron chi connectivity index (χ1n) is 12.0. The summed E-state index contributed by atoms with van der Waals surface area (Å²) in [7, 11) is 0. The Labute approximate surface area is 222 Å². The second-order valence-electron chi connectivity index (χ2n) is 9.15. The predicted octanol–water partition coefficient (Wildman–Crippen LogP) is 1.62. The van der Waals surface area contributed by atoms with Crippen molar-refractivity contribution in [2.75, 3.05) is 19.8 Å². The minimum absolute atomic E-state index is 0.124. The van der Waals surface area contributed by atoms with Crippen LogP contribution >= 0.6 is 15.9 Å². The zero-order valence-electron chi connectivity index (χ0n) is 20.8. The van der Waals surface area contributed by atoms with Crippen molar-refractivity contribution in [3.63, 3.8) is 0 Å². The number of halogens is 3. The fourth-order valence-electron chi connectivity index (χ4n) is 4.09. The highest BCUT2D eigenvalue weighted by Gasteiger charge is 2.39. The number of ketones is 1. The van der Waals surface area contributed by atoms with E-state index in [0.717, 1.165) is 6.07 Å². The minimum Gasteiger partial charge on any atom is -0.370 e. The molecule has 10 nitrogen and oxygen atoms in total. The summed E-state index contributed by atoms with van der Waals surface area (Å²) in [6.07, 6.45) is 1.32. The summed E-state index contributed by atoms with van der Waals surface area (Å²) < 4.78 is 27.8. The topological polar surface area (TPSA) is 157 Å². The molecule has 0 bridgehead atoms. The highest BCUT2D eigenvalue weighted by atomic mass is 79.9. The highest BCUT2D eigenvalue weighted by molar-refractivity contribution is 9.10. The van der Waals surface area contributed by atoms with Gasteiger partial charge in [0.25, 0.3) is 5.91 Å². The quantitative estimate of drug-likeness (QED) is 0.142. The third kappa shape index (κ3) is 8.48. The second-order valence-corrected chi connectivity index (χ2v) is 10.1. The van der Waals surface area contributed by atoms with Gasteiger partial charge in [-0.15, -0.1) is 0 Å². The number of guanidine groups is 1. The molecular formula is C24H33BrF2N6O4. The molecule has 1 aromatic carbocycles.